The van der Waals surface area contributed by atoms with E-state index in [2.05, 4.69) is 15.8 Å². The third-order valence-electron chi connectivity index (χ3n) is 3.41. The predicted molar refractivity (Wildman–Crippen MR) is 92.8 cm³/mol. The number of nitrogens with one attached hydrogen (secondary N) is 2. The minimum Gasteiger partial charge on any atom is -0.507 e. The van der Waals surface area contributed by atoms with Crippen molar-refractivity contribution in [1.82, 2.24) is 5.43 Å². The number of hydrazone groups is 1. The Hall–Kier alpha value is -3.22. The number of hydrogen-bond donors (Lipinski definition) is 3. The van der Waals surface area contributed by atoms with E-state index in [0.29, 0.717) is 12.1 Å². The van der Waals surface area contributed by atoms with Crippen molar-refractivity contribution in [3.63, 3.8) is 0 Å². The highest BCUT2D eigenvalue weighted by atomic mass is 19.1. The Kier molecular flexibility index (Phi) is 5.84. The van der Waals surface area contributed by atoms with E-state index in [0.717, 1.165) is 17.7 Å². The Morgan fingerprint density at radius 2 is 1.80 bits per heavy atom. The van der Waals surface area contributed by atoms with Crippen molar-refractivity contribution in [3.8, 4) is 5.75 Å². The van der Waals surface area contributed by atoms with Crippen molar-refractivity contribution in [1.29, 1.82) is 0 Å². The van der Waals surface area contributed by atoms with Crippen LogP contribution >= 0.6 is 0 Å². The fourth-order valence-electron chi connectivity index (χ4n) is 2.06. The first kappa shape index (κ1) is 18.1. The first-order valence-electron chi connectivity index (χ1n) is 7.64. The second-order valence-electron chi connectivity index (χ2n) is 5.33. The number of phenolic OH excluding ortho intramolecular Hbond substituents is 1. The lowest BCUT2D eigenvalue weighted by Crippen LogP contribution is -2.33. The molecule has 3 N–H and O–H groups in total. The predicted octanol–water partition coefficient (Wildman–Crippen LogP) is 2.71. The maximum atomic E-state index is 13.3. The van der Waals surface area contributed by atoms with Crippen LogP contribution in [0.15, 0.2) is 47.6 Å². The van der Waals surface area contributed by atoms with Gasteiger partial charge in [0.2, 0.25) is 0 Å². The SMILES string of the molecule is CC/C(=N\NC(=O)C(=O)Nc1ccc(C)cc1)c1cc(F)ccc1O. The maximum Gasteiger partial charge on any atom is 0.329 e. The molecule has 0 aliphatic carbocycles. The fraction of sp³-hybridized carbons (Fsp3) is 0.167. The lowest BCUT2D eigenvalue weighted by atomic mass is 10.1. The molecule has 0 fully saturated rings. The summed E-state index contributed by atoms with van der Waals surface area (Å²) in [5, 5.41) is 16.1. The third-order valence-corrected chi connectivity index (χ3v) is 3.41. The number of phenols is 1. The standard InChI is InChI=1S/C18H18FN3O3/c1-3-15(14-10-12(19)6-9-16(14)23)21-22-18(25)17(24)20-13-7-4-11(2)5-8-13/h4-10,23H,3H2,1-2H3,(H,20,24)(H,22,25)/b21-15+. The Bertz CT molecular complexity index is 817. The topological polar surface area (TPSA) is 90.8 Å². The molecule has 0 radical (unpaired) electrons. The Morgan fingerprint density at radius 3 is 2.44 bits per heavy atom. The van der Waals surface area contributed by atoms with Crippen molar-refractivity contribution in [2.75, 3.05) is 5.32 Å². The highest BCUT2D eigenvalue weighted by Gasteiger charge is 2.15. The van der Waals surface area contributed by atoms with Crippen LogP contribution in [0.25, 0.3) is 0 Å². The van der Waals surface area contributed by atoms with Crippen LogP contribution in [0.4, 0.5) is 10.1 Å². The van der Waals surface area contributed by atoms with Gasteiger partial charge < -0.3 is 10.4 Å². The van der Waals surface area contributed by atoms with Crippen LogP contribution in [0.3, 0.4) is 0 Å². The summed E-state index contributed by atoms with van der Waals surface area (Å²) in [5.74, 6) is -2.56. The number of rotatable bonds is 4. The van der Waals surface area contributed by atoms with E-state index in [9.17, 15) is 19.1 Å². The molecule has 130 valence electrons. The Labute approximate surface area is 144 Å². The maximum absolute atomic E-state index is 13.3. The van der Waals surface area contributed by atoms with Gasteiger partial charge in [-0.2, -0.15) is 5.10 Å². The minimum atomic E-state index is -0.970. The number of carbonyl (C=O) groups is 2. The molecule has 0 spiro atoms. The van der Waals surface area contributed by atoms with Crippen LogP contribution in [0.1, 0.15) is 24.5 Å². The molecular formula is C18H18FN3O3. The number of benzene rings is 2. The molecule has 0 bridgehead atoms. The average molecular weight is 343 g/mol. The zero-order chi connectivity index (χ0) is 18.4. The van der Waals surface area contributed by atoms with Crippen molar-refractivity contribution in [2.24, 2.45) is 5.10 Å². The van der Waals surface area contributed by atoms with Gasteiger partial charge in [-0.25, -0.2) is 9.82 Å². The van der Waals surface area contributed by atoms with Gasteiger partial charge in [0.05, 0.1) is 5.71 Å². The quantitative estimate of drug-likeness (QED) is 0.453. The highest BCUT2D eigenvalue weighted by molar-refractivity contribution is 6.39. The fourth-order valence-corrected chi connectivity index (χ4v) is 2.06. The van der Waals surface area contributed by atoms with Crippen molar-refractivity contribution < 1.29 is 19.1 Å². The van der Waals surface area contributed by atoms with Crippen LogP contribution in [0, 0.1) is 12.7 Å². The van der Waals surface area contributed by atoms with Gasteiger partial charge in [-0.15, -0.1) is 0 Å². The summed E-state index contributed by atoms with van der Waals surface area (Å²) >= 11 is 0. The summed E-state index contributed by atoms with van der Waals surface area (Å²) in [4.78, 5) is 23.7. The lowest BCUT2D eigenvalue weighted by Gasteiger charge is -2.08. The zero-order valence-electron chi connectivity index (χ0n) is 13.8. The van der Waals surface area contributed by atoms with E-state index in [4.69, 9.17) is 0 Å². The summed E-state index contributed by atoms with van der Waals surface area (Å²) in [6, 6.07) is 10.4. The van der Waals surface area contributed by atoms with E-state index in [-0.39, 0.29) is 17.0 Å². The van der Waals surface area contributed by atoms with Crippen molar-refractivity contribution in [2.45, 2.75) is 20.3 Å². The van der Waals surface area contributed by atoms with Gasteiger partial charge in [-0.05, 0) is 43.7 Å². The average Bonchev–Trinajstić information content (AvgIpc) is 2.60. The van der Waals surface area contributed by atoms with Gasteiger partial charge in [-0.3, -0.25) is 9.59 Å². The second kappa shape index (κ2) is 8.05. The van der Waals surface area contributed by atoms with Gasteiger partial charge >= 0.3 is 11.8 Å². The zero-order valence-corrected chi connectivity index (χ0v) is 13.8. The molecular weight excluding hydrogens is 325 g/mol. The molecule has 2 amide bonds. The van der Waals surface area contributed by atoms with Gasteiger partial charge in [0, 0.05) is 11.3 Å². The van der Waals surface area contributed by atoms with Gasteiger partial charge in [-0.1, -0.05) is 24.6 Å². The molecule has 0 saturated carbocycles. The monoisotopic (exact) mass is 343 g/mol. The molecule has 0 aliphatic rings. The molecule has 2 aromatic carbocycles. The molecule has 0 heterocycles. The number of carbonyl (C=O) groups excluding carboxylic acids is 2. The van der Waals surface area contributed by atoms with Crippen LogP contribution in [0.2, 0.25) is 0 Å². The smallest absolute Gasteiger partial charge is 0.329 e. The third kappa shape index (κ3) is 4.87. The van der Waals surface area contributed by atoms with E-state index in [1.807, 2.05) is 6.92 Å². The molecule has 0 atom stereocenters. The molecule has 25 heavy (non-hydrogen) atoms. The summed E-state index contributed by atoms with van der Waals surface area (Å²) in [7, 11) is 0. The summed E-state index contributed by atoms with van der Waals surface area (Å²) < 4.78 is 13.3. The number of aromatic hydroxyl groups is 1. The molecule has 0 saturated heterocycles. The van der Waals surface area contributed by atoms with Gasteiger partial charge in [0.1, 0.15) is 11.6 Å². The lowest BCUT2D eigenvalue weighted by molar-refractivity contribution is -0.136. The Morgan fingerprint density at radius 1 is 1.12 bits per heavy atom. The number of hydrogen-bond acceptors (Lipinski definition) is 4. The van der Waals surface area contributed by atoms with Crippen LogP contribution in [-0.4, -0.2) is 22.6 Å². The molecule has 2 rings (SSSR count). The van der Waals surface area contributed by atoms with Crippen LogP contribution < -0.4 is 10.7 Å². The molecule has 7 heteroatoms. The molecule has 0 aromatic heterocycles. The molecule has 0 unspecified atom stereocenters. The number of nitrogens with zero attached hydrogens (tertiary/aromatic N) is 1. The Balaban J connectivity index is 2.07. The molecule has 6 nitrogen and oxygen atoms in total. The van der Waals surface area contributed by atoms with Crippen molar-refractivity contribution in [3.05, 3.63) is 59.4 Å². The highest BCUT2D eigenvalue weighted by Crippen LogP contribution is 2.19. The van der Waals surface area contributed by atoms with Crippen molar-refractivity contribution >= 4 is 23.2 Å². The largest absolute Gasteiger partial charge is 0.507 e. The van der Waals surface area contributed by atoms with E-state index in [1.165, 1.54) is 6.07 Å². The summed E-state index contributed by atoms with van der Waals surface area (Å²) in [5.41, 5.74) is 4.01. The number of aryl methyl sites for hydroxylation is 1. The molecule has 0 aliphatic heterocycles. The number of anilines is 1. The summed E-state index contributed by atoms with van der Waals surface area (Å²) in [6.07, 6.45) is 0.316. The first-order valence-corrected chi connectivity index (χ1v) is 7.64. The summed E-state index contributed by atoms with van der Waals surface area (Å²) in [6.45, 7) is 3.63. The van der Waals surface area contributed by atoms with Gasteiger partial charge in [0.25, 0.3) is 0 Å². The van der Waals surface area contributed by atoms with Crippen LogP contribution in [0.5, 0.6) is 5.75 Å². The number of halogens is 1. The molecule has 2 aromatic rings. The van der Waals surface area contributed by atoms with E-state index >= 15 is 0 Å². The van der Waals surface area contributed by atoms with E-state index < -0.39 is 17.6 Å². The minimum absolute atomic E-state index is 0.154. The van der Waals surface area contributed by atoms with Crippen LogP contribution in [-0.2, 0) is 9.59 Å². The van der Waals surface area contributed by atoms with E-state index in [1.54, 1.807) is 31.2 Å². The second-order valence-corrected chi connectivity index (χ2v) is 5.33. The van der Waals surface area contributed by atoms with Gasteiger partial charge in [0.15, 0.2) is 0 Å². The normalized spacial score (nSPS) is 11.1. The first-order chi connectivity index (χ1) is 11.9. The number of amides is 2.